The van der Waals surface area contributed by atoms with Crippen LogP contribution in [0.1, 0.15) is 22.5 Å². The average Bonchev–Trinajstić information content (AvgIpc) is 3.33. The molecule has 3 heterocycles. The van der Waals surface area contributed by atoms with Crippen molar-refractivity contribution < 1.29 is 14.2 Å². The molecule has 0 amide bonds. The van der Waals surface area contributed by atoms with Gasteiger partial charge in [-0.1, -0.05) is 6.92 Å². The Balaban J connectivity index is 1.73. The second-order valence-corrected chi connectivity index (χ2v) is 7.04. The number of aryl methyl sites for hydroxylation is 2. The van der Waals surface area contributed by atoms with Crippen molar-refractivity contribution in [3.05, 3.63) is 40.1 Å². The van der Waals surface area contributed by atoms with Crippen LogP contribution in [-0.2, 0) is 13.0 Å². The number of methoxy groups -OCH3 is 1. The van der Waals surface area contributed by atoms with Crippen LogP contribution in [0.5, 0.6) is 17.2 Å². The van der Waals surface area contributed by atoms with E-state index in [1.165, 1.54) is 4.88 Å². The Bertz CT molecular complexity index is 916. The first-order chi connectivity index (χ1) is 12.2. The van der Waals surface area contributed by atoms with Gasteiger partial charge in [0, 0.05) is 22.8 Å². The van der Waals surface area contributed by atoms with Gasteiger partial charge in [0.25, 0.3) is 0 Å². The Morgan fingerprint density at radius 2 is 2.20 bits per heavy atom. The standard InChI is InChI=1S/C18H19N3O3S/c1-4-13-16(25-11(2)20-13)9-21-6-5-19-18(21)12-7-14(22-3)17-15(8-12)23-10-24-17/h5-8H,4,9-10H2,1-3H3. The van der Waals surface area contributed by atoms with Crippen LogP contribution in [0.15, 0.2) is 24.5 Å². The molecule has 0 saturated carbocycles. The Morgan fingerprint density at radius 3 is 3.00 bits per heavy atom. The first-order valence-corrected chi connectivity index (χ1v) is 8.95. The van der Waals surface area contributed by atoms with Crippen LogP contribution in [0.25, 0.3) is 11.4 Å². The quantitative estimate of drug-likeness (QED) is 0.697. The van der Waals surface area contributed by atoms with Gasteiger partial charge < -0.3 is 18.8 Å². The molecule has 3 aromatic rings. The maximum Gasteiger partial charge on any atom is 0.231 e. The fourth-order valence-electron chi connectivity index (χ4n) is 3.02. The van der Waals surface area contributed by atoms with Gasteiger partial charge in [-0.15, -0.1) is 11.3 Å². The molecule has 0 N–H and O–H groups in total. The minimum absolute atomic E-state index is 0.212. The highest BCUT2D eigenvalue weighted by atomic mass is 32.1. The monoisotopic (exact) mass is 357 g/mol. The summed E-state index contributed by atoms with van der Waals surface area (Å²) in [6.07, 6.45) is 4.73. The van der Waals surface area contributed by atoms with Crippen molar-refractivity contribution in [2.75, 3.05) is 13.9 Å². The van der Waals surface area contributed by atoms with E-state index in [1.807, 2.05) is 31.5 Å². The Morgan fingerprint density at radius 1 is 1.32 bits per heavy atom. The highest BCUT2D eigenvalue weighted by Crippen LogP contribution is 2.44. The number of thiazole rings is 1. The lowest BCUT2D eigenvalue weighted by Gasteiger charge is -2.10. The molecule has 0 saturated heterocycles. The van der Waals surface area contributed by atoms with Crippen LogP contribution in [0.3, 0.4) is 0 Å². The number of aromatic nitrogens is 3. The summed E-state index contributed by atoms with van der Waals surface area (Å²) >= 11 is 1.74. The van der Waals surface area contributed by atoms with Crippen LogP contribution >= 0.6 is 11.3 Å². The number of fused-ring (bicyclic) bond motifs is 1. The van der Waals surface area contributed by atoms with Crippen LogP contribution in [0.4, 0.5) is 0 Å². The predicted molar refractivity (Wildman–Crippen MR) is 95.7 cm³/mol. The van der Waals surface area contributed by atoms with Crippen molar-refractivity contribution in [1.29, 1.82) is 0 Å². The van der Waals surface area contributed by atoms with E-state index in [2.05, 4.69) is 21.5 Å². The normalized spacial score (nSPS) is 12.6. The summed E-state index contributed by atoms with van der Waals surface area (Å²) in [5.41, 5.74) is 2.09. The number of imidazole rings is 1. The highest BCUT2D eigenvalue weighted by Gasteiger charge is 2.22. The summed E-state index contributed by atoms with van der Waals surface area (Å²) in [7, 11) is 1.63. The van der Waals surface area contributed by atoms with Crippen molar-refractivity contribution in [3.8, 4) is 28.6 Å². The van der Waals surface area contributed by atoms with E-state index in [1.54, 1.807) is 18.4 Å². The van der Waals surface area contributed by atoms with E-state index in [4.69, 9.17) is 14.2 Å². The summed E-state index contributed by atoms with van der Waals surface area (Å²) in [5.74, 6) is 2.86. The van der Waals surface area contributed by atoms with Crippen LogP contribution < -0.4 is 14.2 Å². The molecule has 0 radical (unpaired) electrons. The van der Waals surface area contributed by atoms with Crippen molar-refractivity contribution >= 4 is 11.3 Å². The van der Waals surface area contributed by atoms with Gasteiger partial charge in [0.1, 0.15) is 5.82 Å². The zero-order chi connectivity index (χ0) is 17.4. The molecule has 0 aliphatic carbocycles. The molecular formula is C18H19N3O3S. The molecule has 0 bridgehead atoms. The average molecular weight is 357 g/mol. The lowest BCUT2D eigenvalue weighted by Crippen LogP contribution is -2.02. The lowest BCUT2D eigenvalue weighted by molar-refractivity contribution is 0.171. The number of hydrogen-bond donors (Lipinski definition) is 0. The molecule has 0 unspecified atom stereocenters. The minimum Gasteiger partial charge on any atom is -0.493 e. The molecular weight excluding hydrogens is 338 g/mol. The minimum atomic E-state index is 0.212. The van der Waals surface area contributed by atoms with Gasteiger partial charge in [-0.3, -0.25) is 0 Å². The summed E-state index contributed by atoms with van der Waals surface area (Å²) in [6.45, 7) is 5.14. The fraction of sp³-hybridized carbons (Fsp3) is 0.333. The second kappa shape index (κ2) is 6.40. The molecule has 7 heteroatoms. The van der Waals surface area contributed by atoms with Crippen molar-refractivity contribution in [2.24, 2.45) is 0 Å². The first kappa shape index (κ1) is 16.0. The second-order valence-electron chi connectivity index (χ2n) is 5.75. The van der Waals surface area contributed by atoms with E-state index < -0.39 is 0 Å². The lowest BCUT2D eigenvalue weighted by atomic mass is 10.1. The van der Waals surface area contributed by atoms with E-state index in [0.717, 1.165) is 35.1 Å². The van der Waals surface area contributed by atoms with Gasteiger partial charge >= 0.3 is 0 Å². The Kier molecular flexibility index (Phi) is 4.09. The van der Waals surface area contributed by atoms with E-state index in [-0.39, 0.29) is 6.79 Å². The molecule has 1 aliphatic rings. The summed E-state index contributed by atoms with van der Waals surface area (Å²) < 4.78 is 18.6. The molecule has 0 spiro atoms. The smallest absolute Gasteiger partial charge is 0.231 e. The zero-order valence-corrected chi connectivity index (χ0v) is 15.2. The summed E-state index contributed by atoms with van der Waals surface area (Å²) in [6, 6.07) is 3.88. The Hall–Kier alpha value is -2.54. The Labute approximate surface area is 150 Å². The number of hydrogen-bond acceptors (Lipinski definition) is 6. The van der Waals surface area contributed by atoms with Gasteiger partial charge in [0.2, 0.25) is 12.5 Å². The maximum atomic E-state index is 5.53. The molecule has 0 atom stereocenters. The fourth-order valence-corrected chi connectivity index (χ4v) is 4.05. The maximum absolute atomic E-state index is 5.53. The third kappa shape index (κ3) is 2.84. The van der Waals surface area contributed by atoms with Gasteiger partial charge in [-0.2, -0.15) is 0 Å². The van der Waals surface area contributed by atoms with E-state index in [9.17, 15) is 0 Å². The number of nitrogens with zero attached hydrogens (tertiary/aromatic N) is 3. The van der Waals surface area contributed by atoms with E-state index >= 15 is 0 Å². The van der Waals surface area contributed by atoms with Crippen molar-refractivity contribution in [2.45, 2.75) is 26.8 Å². The molecule has 130 valence electrons. The molecule has 25 heavy (non-hydrogen) atoms. The van der Waals surface area contributed by atoms with Crippen LogP contribution in [0, 0.1) is 6.92 Å². The summed E-state index contributed by atoms with van der Waals surface area (Å²) in [5, 5.41) is 1.10. The zero-order valence-electron chi connectivity index (χ0n) is 14.4. The SMILES string of the molecule is CCc1nc(C)sc1Cn1ccnc1-c1cc(OC)c2c(c1)OCO2. The highest BCUT2D eigenvalue weighted by molar-refractivity contribution is 7.11. The molecule has 4 rings (SSSR count). The molecule has 1 aliphatic heterocycles. The molecule has 0 fully saturated rings. The third-order valence-corrected chi connectivity index (χ3v) is 5.16. The van der Waals surface area contributed by atoms with E-state index in [0.29, 0.717) is 17.2 Å². The van der Waals surface area contributed by atoms with Crippen LogP contribution in [0.2, 0.25) is 0 Å². The topological polar surface area (TPSA) is 58.4 Å². The van der Waals surface area contributed by atoms with Crippen molar-refractivity contribution in [3.63, 3.8) is 0 Å². The van der Waals surface area contributed by atoms with Gasteiger partial charge in [-0.25, -0.2) is 9.97 Å². The third-order valence-electron chi connectivity index (χ3n) is 4.17. The van der Waals surface area contributed by atoms with Gasteiger partial charge in [-0.05, 0) is 25.5 Å². The van der Waals surface area contributed by atoms with Gasteiger partial charge in [0.15, 0.2) is 11.5 Å². The van der Waals surface area contributed by atoms with Gasteiger partial charge in [0.05, 0.1) is 24.4 Å². The van der Waals surface area contributed by atoms with Crippen LogP contribution in [-0.4, -0.2) is 28.4 Å². The number of rotatable bonds is 5. The molecule has 1 aromatic carbocycles. The summed E-state index contributed by atoms with van der Waals surface area (Å²) in [4.78, 5) is 10.4. The molecule has 2 aromatic heterocycles. The van der Waals surface area contributed by atoms with Crippen molar-refractivity contribution in [1.82, 2.24) is 14.5 Å². The first-order valence-electron chi connectivity index (χ1n) is 8.14. The number of benzene rings is 1. The molecule has 6 nitrogen and oxygen atoms in total. The predicted octanol–water partition coefficient (Wildman–Crippen LogP) is 3.66. The number of ether oxygens (including phenoxy) is 3. The largest absolute Gasteiger partial charge is 0.493 e.